The number of nitrogens with zero attached hydrogens (tertiary/aromatic N) is 1. The van der Waals surface area contributed by atoms with Crippen LogP contribution in [-0.4, -0.2) is 16.5 Å². The summed E-state index contributed by atoms with van der Waals surface area (Å²) in [5.41, 5.74) is 0. The van der Waals surface area contributed by atoms with Gasteiger partial charge >= 0.3 is 0 Å². The van der Waals surface area contributed by atoms with Crippen LogP contribution >= 0.6 is 0 Å². The molecule has 0 unspecified atom stereocenters. The van der Waals surface area contributed by atoms with Gasteiger partial charge in [0.25, 0.3) is 0 Å². The van der Waals surface area contributed by atoms with Crippen LogP contribution < -0.4 is 5.32 Å². The molecule has 0 amide bonds. The molecule has 0 saturated heterocycles. The number of imidazole rings is 1. The van der Waals surface area contributed by atoms with Crippen molar-refractivity contribution in [1.82, 2.24) is 15.3 Å². The van der Waals surface area contributed by atoms with Gasteiger partial charge in [-0.3, -0.25) is 0 Å². The van der Waals surface area contributed by atoms with E-state index >= 15 is 0 Å². The molecule has 1 aromatic heterocycles. The van der Waals surface area contributed by atoms with E-state index in [9.17, 15) is 0 Å². The van der Waals surface area contributed by atoms with Crippen LogP contribution in [-0.2, 0) is 6.54 Å². The molecule has 0 atom stereocenters. The van der Waals surface area contributed by atoms with Crippen molar-refractivity contribution in [3.05, 3.63) is 18.2 Å². The lowest BCUT2D eigenvalue weighted by Crippen LogP contribution is -2.15. The lowest BCUT2D eigenvalue weighted by Gasteiger charge is -1.99. The Morgan fingerprint density at radius 1 is 1.64 bits per heavy atom. The van der Waals surface area contributed by atoms with Gasteiger partial charge in [0.05, 0.1) is 6.54 Å². The molecular formula is C8H15N3. The van der Waals surface area contributed by atoms with Crippen LogP contribution in [0, 0.1) is 0 Å². The molecule has 1 aromatic rings. The quantitative estimate of drug-likeness (QED) is 0.626. The average molecular weight is 153 g/mol. The van der Waals surface area contributed by atoms with Gasteiger partial charge in [0.1, 0.15) is 5.82 Å². The molecule has 0 spiro atoms. The number of unbranched alkanes of at least 4 members (excludes halogenated alkanes) is 1. The number of rotatable bonds is 5. The molecule has 3 heteroatoms. The highest BCUT2D eigenvalue weighted by atomic mass is 15.0. The summed E-state index contributed by atoms with van der Waals surface area (Å²) in [7, 11) is 0. The van der Waals surface area contributed by atoms with Gasteiger partial charge in [0, 0.05) is 12.4 Å². The van der Waals surface area contributed by atoms with Crippen LogP contribution in [0.4, 0.5) is 0 Å². The second-order valence-electron chi connectivity index (χ2n) is 2.57. The van der Waals surface area contributed by atoms with Crippen molar-refractivity contribution in [2.45, 2.75) is 26.3 Å². The maximum atomic E-state index is 4.10. The third-order valence-corrected chi connectivity index (χ3v) is 1.55. The van der Waals surface area contributed by atoms with Crippen LogP contribution in [0.3, 0.4) is 0 Å². The number of aromatic nitrogens is 2. The Hall–Kier alpha value is -0.830. The topological polar surface area (TPSA) is 40.7 Å². The van der Waals surface area contributed by atoms with Crippen LogP contribution in [0.1, 0.15) is 25.6 Å². The first-order valence-electron chi connectivity index (χ1n) is 4.12. The Morgan fingerprint density at radius 2 is 2.55 bits per heavy atom. The smallest absolute Gasteiger partial charge is 0.120 e. The zero-order chi connectivity index (χ0) is 7.94. The second-order valence-corrected chi connectivity index (χ2v) is 2.57. The molecule has 1 rings (SSSR count). The first kappa shape index (κ1) is 8.27. The maximum absolute atomic E-state index is 4.10. The summed E-state index contributed by atoms with van der Waals surface area (Å²) in [6.45, 7) is 4.12. The number of hydrogen-bond acceptors (Lipinski definition) is 2. The van der Waals surface area contributed by atoms with E-state index in [1.807, 2.05) is 6.20 Å². The SMILES string of the molecule is CCCCNCc1ncc[nH]1. The number of hydrogen-bond donors (Lipinski definition) is 2. The molecule has 11 heavy (non-hydrogen) atoms. The van der Waals surface area contributed by atoms with Crippen molar-refractivity contribution in [1.29, 1.82) is 0 Å². The van der Waals surface area contributed by atoms with Gasteiger partial charge in [0.2, 0.25) is 0 Å². The highest BCUT2D eigenvalue weighted by molar-refractivity contribution is 4.85. The first-order chi connectivity index (χ1) is 5.43. The average Bonchev–Trinajstić information content (AvgIpc) is 2.50. The van der Waals surface area contributed by atoms with Crippen molar-refractivity contribution < 1.29 is 0 Å². The fourth-order valence-electron chi connectivity index (χ4n) is 0.903. The lowest BCUT2D eigenvalue weighted by molar-refractivity contribution is 0.626. The highest BCUT2D eigenvalue weighted by Gasteiger charge is 1.91. The van der Waals surface area contributed by atoms with E-state index in [0.29, 0.717) is 0 Å². The Bertz CT molecular complexity index is 169. The number of nitrogens with one attached hydrogen (secondary N) is 2. The van der Waals surface area contributed by atoms with Crippen LogP contribution in [0.15, 0.2) is 12.4 Å². The minimum Gasteiger partial charge on any atom is -0.348 e. The third kappa shape index (κ3) is 3.18. The molecular weight excluding hydrogens is 138 g/mol. The Balaban J connectivity index is 2.04. The third-order valence-electron chi connectivity index (χ3n) is 1.55. The predicted molar refractivity (Wildman–Crippen MR) is 45.2 cm³/mol. The van der Waals surface area contributed by atoms with E-state index in [0.717, 1.165) is 18.9 Å². The number of H-pyrrole nitrogens is 1. The van der Waals surface area contributed by atoms with E-state index in [2.05, 4.69) is 22.2 Å². The van der Waals surface area contributed by atoms with E-state index in [4.69, 9.17) is 0 Å². The molecule has 0 bridgehead atoms. The summed E-state index contributed by atoms with van der Waals surface area (Å²) in [6.07, 6.45) is 6.10. The van der Waals surface area contributed by atoms with Crippen LogP contribution in [0.25, 0.3) is 0 Å². The molecule has 0 aliphatic carbocycles. The van der Waals surface area contributed by atoms with Crippen molar-refractivity contribution in [3.8, 4) is 0 Å². The summed E-state index contributed by atoms with van der Waals surface area (Å²) in [5, 5.41) is 3.29. The molecule has 1 heterocycles. The molecule has 3 nitrogen and oxygen atoms in total. The van der Waals surface area contributed by atoms with Gasteiger partial charge in [-0.15, -0.1) is 0 Å². The zero-order valence-corrected chi connectivity index (χ0v) is 6.93. The fraction of sp³-hybridized carbons (Fsp3) is 0.625. The minimum absolute atomic E-state index is 0.854. The highest BCUT2D eigenvalue weighted by Crippen LogP contribution is 1.88. The van der Waals surface area contributed by atoms with Crippen molar-refractivity contribution in [3.63, 3.8) is 0 Å². The molecule has 0 fully saturated rings. The van der Waals surface area contributed by atoms with Gasteiger partial charge in [-0.1, -0.05) is 13.3 Å². The molecule has 0 aliphatic rings. The van der Waals surface area contributed by atoms with Crippen LogP contribution in [0.2, 0.25) is 0 Å². The van der Waals surface area contributed by atoms with Crippen molar-refractivity contribution in [2.75, 3.05) is 6.54 Å². The summed E-state index contributed by atoms with van der Waals surface area (Å²) in [4.78, 5) is 7.14. The van der Waals surface area contributed by atoms with E-state index < -0.39 is 0 Å². The van der Waals surface area contributed by atoms with Crippen molar-refractivity contribution in [2.24, 2.45) is 0 Å². The van der Waals surface area contributed by atoms with Gasteiger partial charge < -0.3 is 10.3 Å². The van der Waals surface area contributed by atoms with Crippen LogP contribution in [0.5, 0.6) is 0 Å². The molecule has 62 valence electrons. The molecule has 0 aromatic carbocycles. The van der Waals surface area contributed by atoms with E-state index in [1.165, 1.54) is 12.8 Å². The van der Waals surface area contributed by atoms with E-state index in [-0.39, 0.29) is 0 Å². The summed E-state index contributed by atoms with van der Waals surface area (Å²) in [5.74, 6) is 1.01. The predicted octanol–water partition coefficient (Wildman–Crippen LogP) is 1.30. The molecule has 0 radical (unpaired) electrons. The van der Waals surface area contributed by atoms with Gasteiger partial charge in [-0.2, -0.15) is 0 Å². The zero-order valence-electron chi connectivity index (χ0n) is 6.93. The van der Waals surface area contributed by atoms with Crippen molar-refractivity contribution >= 4 is 0 Å². The molecule has 0 saturated carbocycles. The maximum Gasteiger partial charge on any atom is 0.120 e. The summed E-state index contributed by atoms with van der Waals surface area (Å²) in [6, 6.07) is 0. The Morgan fingerprint density at radius 3 is 3.18 bits per heavy atom. The van der Waals surface area contributed by atoms with E-state index in [1.54, 1.807) is 6.20 Å². The lowest BCUT2D eigenvalue weighted by atomic mass is 10.3. The standard InChI is InChI=1S/C8H15N3/c1-2-3-4-9-7-8-10-5-6-11-8/h5-6,9H,2-4,7H2,1H3,(H,10,11). The number of aromatic amines is 1. The minimum atomic E-state index is 0.854. The Labute approximate surface area is 67.2 Å². The summed E-state index contributed by atoms with van der Waals surface area (Å²) >= 11 is 0. The normalized spacial score (nSPS) is 10.3. The fourth-order valence-corrected chi connectivity index (χ4v) is 0.903. The molecule has 2 N–H and O–H groups in total. The molecule has 0 aliphatic heterocycles. The van der Waals surface area contributed by atoms with Gasteiger partial charge in [0.15, 0.2) is 0 Å². The Kier molecular flexibility index (Phi) is 3.69. The largest absolute Gasteiger partial charge is 0.348 e. The monoisotopic (exact) mass is 153 g/mol. The van der Waals surface area contributed by atoms with Gasteiger partial charge in [-0.25, -0.2) is 4.98 Å². The van der Waals surface area contributed by atoms with Gasteiger partial charge in [-0.05, 0) is 13.0 Å². The summed E-state index contributed by atoms with van der Waals surface area (Å²) < 4.78 is 0. The second kappa shape index (κ2) is 4.91. The first-order valence-corrected chi connectivity index (χ1v) is 4.12.